The van der Waals surface area contributed by atoms with E-state index in [-0.39, 0.29) is 17.6 Å². The number of nitrogens with zero attached hydrogens (tertiary/aromatic N) is 2. The number of aromatic nitrogens is 1. The van der Waals surface area contributed by atoms with Gasteiger partial charge in [0.15, 0.2) is 11.5 Å². The molecule has 1 saturated heterocycles. The first-order valence-corrected chi connectivity index (χ1v) is 10.2. The van der Waals surface area contributed by atoms with Crippen molar-refractivity contribution in [2.24, 2.45) is 0 Å². The number of ether oxygens (including phenoxy) is 2. The highest BCUT2D eigenvalue weighted by atomic mass is 79.9. The summed E-state index contributed by atoms with van der Waals surface area (Å²) in [6.45, 7) is 0.695. The van der Waals surface area contributed by atoms with Crippen molar-refractivity contribution in [2.45, 2.75) is 18.9 Å². The van der Waals surface area contributed by atoms with E-state index in [0.29, 0.717) is 29.4 Å². The first-order chi connectivity index (χ1) is 14.1. The van der Waals surface area contributed by atoms with Crippen LogP contribution in [0.1, 0.15) is 34.9 Å². The molecule has 1 aliphatic rings. The molecule has 2 aromatic carbocycles. The Kier molecular flexibility index (Phi) is 5.58. The van der Waals surface area contributed by atoms with Crippen LogP contribution in [0.5, 0.6) is 11.5 Å². The van der Waals surface area contributed by atoms with Crippen LogP contribution in [0.3, 0.4) is 0 Å². The van der Waals surface area contributed by atoms with Gasteiger partial charge in [-0.05, 0) is 48.7 Å². The van der Waals surface area contributed by atoms with E-state index in [1.807, 2.05) is 17.0 Å². The average molecular weight is 457 g/mol. The lowest BCUT2D eigenvalue weighted by atomic mass is 10.0. The van der Waals surface area contributed by atoms with Crippen LogP contribution in [-0.2, 0) is 0 Å². The molecule has 2 heterocycles. The Balaban J connectivity index is 1.62. The summed E-state index contributed by atoms with van der Waals surface area (Å²) in [6, 6.07) is 15.2. The molecule has 0 radical (unpaired) electrons. The molecule has 0 aliphatic carbocycles. The smallest absolute Gasteiger partial charge is 0.276 e. The summed E-state index contributed by atoms with van der Waals surface area (Å²) in [6.07, 6.45) is 1.88. The largest absolute Gasteiger partial charge is 0.497 e. The summed E-state index contributed by atoms with van der Waals surface area (Å²) in [5, 5.41) is 4.04. The molecule has 4 rings (SSSR count). The first kappa shape index (κ1) is 19.5. The van der Waals surface area contributed by atoms with E-state index in [1.54, 1.807) is 38.5 Å². The molecule has 0 bridgehead atoms. The normalized spacial score (nSPS) is 16.1. The van der Waals surface area contributed by atoms with Crippen LogP contribution >= 0.6 is 15.9 Å². The number of hydrogen-bond acceptors (Lipinski definition) is 5. The minimum absolute atomic E-state index is 0.0338. The van der Waals surface area contributed by atoms with Gasteiger partial charge in [0.2, 0.25) is 0 Å². The van der Waals surface area contributed by atoms with Crippen molar-refractivity contribution in [3.05, 3.63) is 64.3 Å². The molecule has 7 heteroatoms. The number of carbonyl (C=O) groups excluding carboxylic acids is 1. The van der Waals surface area contributed by atoms with E-state index < -0.39 is 0 Å². The fourth-order valence-corrected chi connectivity index (χ4v) is 4.14. The second-order valence-corrected chi connectivity index (χ2v) is 7.77. The summed E-state index contributed by atoms with van der Waals surface area (Å²) in [5.74, 6) is 1.61. The molecule has 0 spiro atoms. The van der Waals surface area contributed by atoms with E-state index >= 15 is 0 Å². The summed E-state index contributed by atoms with van der Waals surface area (Å²) >= 11 is 3.51. The standard InChI is InChI=1S/C22H21BrN2O4/c1-27-16-8-9-20(28-2)17(12-16)21-13-18(24-29-21)22(26)25-10-4-7-19(25)14-5-3-6-15(23)11-14/h3,5-6,8-9,11-13,19H,4,7,10H2,1-2H3. The lowest BCUT2D eigenvalue weighted by Gasteiger charge is -2.24. The van der Waals surface area contributed by atoms with Crippen LogP contribution in [0.2, 0.25) is 0 Å². The molecule has 1 aromatic heterocycles. The van der Waals surface area contributed by atoms with Crippen molar-refractivity contribution in [1.29, 1.82) is 0 Å². The van der Waals surface area contributed by atoms with E-state index in [9.17, 15) is 4.79 Å². The van der Waals surface area contributed by atoms with Crippen molar-refractivity contribution < 1.29 is 18.8 Å². The monoisotopic (exact) mass is 456 g/mol. The van der Waals surface area contributed by atoms with E-state index in [4.69, 9.17) is 14.0 Å². The predicted octanol–water partition coefficient (Wildman–Crippen LogP) is 5.10. The second-order valence-electron chi connectivity index (χ2n) is 6.85. The maximum atomic E-state index is 13.2. The molecular weight excluding hydrogens is 436 g/mol. The van der Waals surface area contributed by atoms with Gasteiger partial charge in [0.05, 0.1) is 25.8 Å². The third-order valence-electron chi connectivity index (χ3n) is 5.15. The number of amides is 1. The van der Waals surface area contributed by atoms with Crippen LogP contribution in [0.15, 0.2) is 57.5 Å². The number of hydrogen-bond donors (Lipinski definition) is 0. The molecule has 0 saturated carbocycles. The average Bonchev–Trinajstić information content (AvgIpc) is 3.42. The fourth-order valence-electron chi connectivity index (χ4n) is 3.73. The molecule has 0 N–H and O–H groups in total. The quantitative estimate of drug-likeness (QED) is 0.534. The van der Waals surface area contributed by atoms with Crippen LogP contribution in [-0.4, -0.2) is 36.7 Å². The van der Waals surface area contributed by atoms with Crippen LogP contribution in [0.25, 0.3) is 11.3 Å². The summed E-state index contributed by atoms with van der Waals surface area (Å²) in [7, 11) is 3.18. The SMILES string of the molecule is COc1ccc(OC)c(-c2cc(C(=O)N3CCCC3c3cccc(Br)c3)no2)c1. The molecule has 3 aromatic rings. The molecule has 1 unspecified atom stereocenters. The Hall–Kier alpha value is -2.80. The van der Waals surface area contributed by atoms with Crippen molar-refractivity contribution in [1.82, 2.24) is 10.1 Å². The van der Waals surface area contributed by atoms with Gasteiger partial charge in [0.25, 0.3) is 5.91 Å². The van der Waals surface area contributed by atoms with Gasteiger partial charge in [0, 0.05) is 17.1 Å². The lowest BCUT2D eigenvalue weighted by molar-refractivity contribution is 0.0725. The first-order valence-electron chi connectivity index (χ1n) is 9.36. The van der Waals surface area contributed by atoms with E-state index in [0.717, 1.165) is 22.9 Å². The Morgan fingerprint density at radius 1 is 1.17 bits per heavy atom. The molecule has 1 atom stereocenters. The van der Waals surface area contributed by atoms with Gasteiger partial charge >= 0.3 is 0 Å². The zero-order valence-corrected chi connectivity index (χ0v) is 17.8. The van der Waals surface area contributed by atoms with Gasteiger partial charge in [0.1, 0.15) is 11.5 Å². The number of benzene rings is 2. The van der Waals surface area contributed by atoms with Crippen molar-refractivity contribution in [2.75, 3.05) is 20.8 Å². The third-order valence-corrected chi connectivity index (χ3v) is 5.64. The van der Waals surface area contributed by atoms with Crippen molar-refractivity contribution in [3.63, 3.8) is 0 Å². The maximum absolute atomic E-state index is 13.2. The molecule has 6 nitrogen and oxygen atoms in total. The van der Waals surface area contributed by atoms with Gasteiger partial charge in [-0.15, -0.1) is 0 Å². The predicted molar refractivity (Wildman–Crippen MR) is 112 cm³/mol. The van der Waals surface area contributed by atoms with Gasteiger partial charge < -0.3 is 18.9 Å². The van der Waals surface area contributed by atoms with Crippen LogP contribution < -0.4 is 9.47 Å². The third kappa shape index (κ3) is 3.87. The second kappa shape index (κ2) is 8.29. The Labute approximate surface area is 177 Å². The number of methoxy groups -OCH3 is 2. The highest BCUT2D eigenvalue weighted by molar-refractivity contribution is 9.10. The molecule has 1 aliphatic heterocycles. The van der Waals surface area contributed by atoms with Gasteiger partial charge in [-0.1, -0.05) is 33.2 Å². The minimum Gasteiger partial charge on any atom is -0.497 e. The number of likely N-dealkylation sites (tertiary alicyclic amines) is 1. The number of rotatable bonds is 5. The number of carbonyl (C=O) groups is 1. The van der Waals surface area contributed by atoms with Gasteiger partial charge in [-0.2, -0.15) is 0 Å². The summed E-state index contributed by atoms with van der Waals surface area (Å²) < 4.78 is 17.2. The molecular formula is C22H21BrN2O4. The van der Waals surface area contributed by atoms with Gasteiger partial charge in [-0.25, -0.2) is 0 Å². The minimum atomic E-state index is -0.135. The summed E-state index contributed by atoms with van der Waals surface area (Å²) in [4.78, 5) is 15.0. The summed E-state index contributed by atoms with van der Waals surface area (Å²) in [5.41, 5.74) is 2.08. The topological polar surface area (TPSA) is 64.8 Å². The highest BCUT2D eigenvalue weighted by Gasteiger charge is 2.32. The number of halogens is 1. The van der Waals surface area contributed by atoms with Crippen LogP contribution in [0, 0.1) is 0 Å². The van der Waals surface area contributed by atoms with E-state index in [2.05, 4.69) is 33.2 Å². The Morgan fingerprint density at radius 2 is 2.03 bits per heavy atom. The zero-order chi connectivity index (χ0) is 20.4. The van der Waals surface area contributed by atoms with Crippen LogP contribution in [0.4, 0.5) is 0 Å². The molecule has 29 heavy (non-hydrogen) atoms. The Bertz CT molecular complexity index is 1030. The van der Waals surface area contributed by atoms with Crippen molar-refractivity contribution >= 4 is 21.8 Å². The molecule has 1 amide bonds. The van der Waals surface area contributed by atoms with E-state index in [1.165, 1.54) is 0 Å². The lowest BCUT2D eigenvalue weighted by Crippen LogP contribution is -2.30. The van der Waals surface area contributed by atoms with Crippen molar-refractivity contribution in [3.8, 4) is 22.8 Å². The molecule has 150 valence electrons. The highest BCUT2D eigenvalue weighted by Crippen LogP contribution is 2.36. The van der Waals surface area contributed by atoms with Gasteiger partial charge in [-0.3, -0.25) is 4.79 Å². The molecule has 1 fully saturated rings. The Morgan fingerprint density at radius 3 is 2.79 bits per heavy atom. The fraction of sp³-hybridized carbons (Fsp3) is 0.273. The maximum Gasteiger partial charge on any atom is 0.276 e. The zero-order valence-electron chi connectivity index (χ0n) is 16.2.